The van der Waals surface area contributed by atoms with E-state index in [1.54, 1.807) is 0 Å². The molecule has 0 unspecified atom stereocenters. The van der Waals surface area contributed by atoms with Crippen molar-refractivity contribution in [3.8, 4) is 0 Å². The summed E-state index contributed by atoms with van der Waals surface area (Å²) in [5.41, 5.74) is -0.108. The van der Waals surface area contributed by atoms with Crippen LogP contribution in [0, 0.1) is 0 Å². The lowest BCUT2D eigenvalue weighted by atomic mass is 10.2. The van der Waals surface area contributed by atoms with Crippen LogP contribution in [0.5, 0.6) is 0 Å². The highest BCUT2D eigenvalue weighted by Gasteiger charge is 2.26. The van der Waals surface area contributed by atoms with E-state index < -0.39 is 18.6 Å². The number of hydrogen-bond acceptors (Lipinski definition) is 2. The van der Waals surface area contributed by atoms with Gasteiger partial charge in [-0.2, -0.15) is 13.2 Å². The van der Waals surface area contributed by atoms with Crippen LogP contribution in [-0.2, 0) is 0 Å². The molecule has 0 aliphatic carbocycles. The molecule has 7 heteroatoms. The molecule has 17 heavy (non-hydrogen) atoms. The van der Waals surface area contributed by atoms with Gasteiger partial charge < -0.3 is 5.11 Å². The van der Waals surface area contributed by atoms with Crippen molar-refractivity contribution in [3.05, 3.63) is 28.8 Å². The molecule has 0 atom stereocenters. The lowest BCUT2D eigenvalue weighted by molar-refractivity contribution is -0.129. The van der Waals surface area contributed by atoms with E-state index in [2.05, 4.69) is 0 Å². The number of benzene rings is 1. The predicted octanol–water partition coefficient (Wildman–Crippen LogP) is 4.08. The Balaban J connectivity index is 2.67. The lowest BCUT2D eigenvalue weighted by Crippen LogP contribution is -2.08. The minimum Gasteiger partial charge on any atom is -0.478 e. The number of hydrogen-bond donors (Lipinski definition) is 1. The van der Waals surface area contributed by atoms with Crippen molar-refractivity contribution in [2.75, 3.05) is 5.75 Å². The van der Waals surface area contributed by atoms with Gasteiger partial charge in [0.2, 0.25) is 0 Å². The van der Waals surface area contributed by atoms with Gasteiger partial charge in [-0.3, -0.25) is 0 Å². The van der Waals surface area contributed by atoms with Crippen LogP contribution in [-0.4, -0.2) is 23.0 Å². The summed E-state index contributed by atoms with van der Waals surface area (Å²) < 4.78 is 35.7. The van der Waals surface area contributed by atoms with Gasteiger partial charge in [-0.1, -0.05) is 11.6 Å². The van der Waals surface area contributed by atoms with Gasteiger partial charge in [0.25, 0.3) is 0 Å². The molecule has 1 N–H and O–H groups in total. The van der Waals surface area contributed by atoms with Crippen molar-refractivity contribution in [1.82, 2.24) is 0 Å². The van der Waals surface area contributed by atoms with Gasteiger partial charge in [0, 0.05) is 10.6 Å². The number of rotatable bonds is 4. The maximum atomic E-state index is 11.9. The molecule has 2 nitrogen and oxygen atoms in total. The maximum absolute atomic E-state index is 11.9. The van der Waals surface area contributed by atoms with Gasteiger partial charge in [-0.15, -0.1) is 11.8 Å². The second-order valence-electron chi connectivity index (χ2n) is 3.16. The molecule has 94 valence electrons. The molecule has 1 rings (SSSR count). The van der Waals surface area contributed by atoms with Gasteiger partial charge in [0.1, 0.15) is 0 Å². The predicted molar refractivity (Wildman–Crippen MR) is 59.8 cm³/mol. The molecule has 0 bridgehead atoms. The van der Waals surface area contributed by atoms with Gasteiger partial charge >= 0.3 is 12.1 Å². The number of thioether (sulfide) groups is 1. The smallest absolute Gasteiger partial charge is 0.389 e. The number of carboxylic acid groups (broad SMARTS) is 1. The van der Waals surface area contributed by atoms with E-state index >= 15 is 0 Å². The van der Waals surface area contributed by atoms with Crippen molar-refractivity contribution in [3.63, 3.8) is 0 Å². The average molecular weight is 285 g/mol. The van der Waals surface area contributed by atoms with Crippen molar-refractivity contribution < 1.29 is 23.1 Å². The number of halogens is 4. The standard InChI is InChI=1S/C10H8ClF3O2S/c11-8-2-1-6(5-7(8)9(15)16)17-4-3-10(12,13)14/h1-2,5H,3-4H2,(H,15,16). The Hall–Kier alpha value is -0.880. The Kier molecular flexibility index (Phi) is 4.70. The van der Waals surface area contributed by atoms with E-state index in [0.717, 1.165) is 11.8 Å². The van der Waals surface area contributed by atoms with Crippen LogP contribution in [0.3, 0.4) is 0 Å². The van der Waals surface area contributed by atoms with Gasteiger partial charge in [0.15, 0.2) is 0 Å². The molecule has 0 spiro atoms. The summed E-state index contributed by atoms with van der Waals surface area (Å²) in [7, 11) is 0. The van der Waals surface area contributed by atoms with E-state index in [-0.39, 0.29) is 16.3 Å². The van der Waals surface area contributed by atoms with Crippen LogP contribution in [0.15, 0.2) is 23.1 Å². The Morgan fingerprint density at radius 3 is 2.59 bits per heavy atom. The molecule has 0 saturated heterocycles. The summed E-state index contributed by atoms with van der Waals surface area (Å²) >= 11 is 6.57. The Bertz CT molecular complexity index is 421. The fourth-order valence-corrected chi connectivity index (χ4v) is 2.18. The maximum Gasteiger partial charge on any atom is 0.389 e. The summed E-state index contributed by atoms with van der Waals surface area (Å²) in [4.78, 5) is 11.2. The number of aromatic carboxylic acids is 1. The van der Waals surface area contributed by atoms with Crippen LogP contribution in [0.2, 0.25) is 5.02 Å². The molecular weight excluding hydrogens is 277 g/mol. The Morgan fingerprint density at radius 1 is 1.41 bits per heavy atom. The zero-order valence-corrected chi connectivity index (χ0v) is 9.99. The first-order chi connectivity index (χ1) is 7.79. The summed E-state index contributed by atoms with van der Waals surface area (Å²) in [6, 6.07) is 4.13. The van der Waals surface area contributed by atoms with Crippen molar-refractivity contribution in [2.45, 2.75) is 17.5 Å². The number of carbonyl (C=O) groups is 1. The van der Waals surface area contributed by atoms with Crippen LogP contribution >= 0.6 is 23.4 Å². The van der Waals surface area contributed by atoms with Crippen LogP contribution < -0.4 is 0 Å². The van der Waals surface area contributed by atoms with Gasteiger partial charge in [-0.05, 0) is 18.2 Å². The molecule has 0 aliphatic heterocycles. The first-order valence-electron chi connectivity index (χ1n) is 4.52. The van der Waals surface area contributed by atoms with E-state index in [1.807, 2.05) is 0 Å². The Labute approximate surface area is 105 Å². The van der Waals surface area contributed by atoms with Gasteiger partial charge in [-0.25, -0.2) is 4.79 Å². The third kappa shape index (κ3) is 4.87. The van der Waals surface area contributed by atoms with Crippen LogP contribution in [0.4, 0.5) is 13.2 Å². The highest BCUT2D eigenvalue weighted by molar-refractivity contribution is 7.99. The van der Waals surface area contributed by atoms with E-state index in [1.165, 1.54) is 18.2 Å². The number of carboxylic acids is 1. The van der Waals surface area contributed by atoms with Crippen molar-refractivity contribution in [1.29, 1.82) is 0 Å². The molecule has 1 aromatic rings. The number of alkyl halides is 3. The quantitative estimate of drug-likeness (QED) is 0.847. The van der Waals surface area contributed by atoms with Crippen LogP contribution in [0.1, 0.15) is 16.8 Å². The van der Waals surface area contributed by atoms with Gasteiger partial charge in [0.05, 0.1) is 17.0 Å². The highest BCUT2D eigenvalue weighted by atomic mass is 35.5. The average Bonchev–Trinajstić information content (AvgIpc) is 2.18. The molecule has 0 saturated carbocycles. The van der Waals surface area contributed by atoms with E-state index in [4.69, 9.17) is 16.7 Å². The van der Waals surface area contributed by atoms with E-state index in [0.29, 0.717) is 4.90 Å². The lowest BCUT2D eigenvalue weighted by Gasteiger charge is -2.06. The summed E-state index contributed by atoms with van der Waals surface area (Å²) in [5, 5.41) is 8.84. The molecule has 0 amide bonds. The SMILES string of the molecule is O=C(O)c1cc(SCCC(F)(F)F)ccc1Cl. The minimum atomic E-state index is -4.20. The first kappa shape index (κ1) is 14.2. The summed E-state index contributed by atoms with van der Waals surface area (Å²) in [5.74, 6) is -1.35. The fourth-order valence-electron chi connectivity index (χ4n) is 1.04. The monoisotopic (exact) mass is 284 g/mol. The van der Waals surface area contributed by atoms with E-state index in [9.17, 15) is 18.0 Å². The normalized spacial score (nSPS) is 11.5. The molecule has 0 aliphatic rings. The third-order valence-electron chi connectivity index (χ3n) is 1.82. The van der Waals surface area contributed by atoms with Crippen molar-refractivity contribution in [2.24, 2.45) is 0 Å². The molecule has 0 aromatic heterocycles. The fraction of sp³-hybridized carbons (Fsp3) is 0.300. The molecule has 1 aromatic carbocycles. The molecule has 0 heterocycles. The zero-order valence-electron chi connectivity index (χ0n) is 8.42. The highest BCUT2D eigenvalue weighted by Crippen LogP contribution is 2.28. The first-order valence-corrected chi connectivity index (χ1v) is 5.88. The summed E-state index contributed by atoms with van der Waals surface area (Å²) in [6.45, 7) is 0. The third-order valence-corrected chi connectivity index (χ3v) is 3.15. The van der Waals surface area contributed by atoms with Crippen LogP contribution in [0.25, 0.3) is 0 Å². The zero-order chi connectivity index (χ0) is 13.1. The molecular formula is C10H8ClF3O2S. The second-order valence-corrected chi connectivity index (χ2v) is 4.74. The minimum absolute atomic E-state index is 0.0673. The largest absolute Gasteiger partial charge is 0.478 e. The Morgan fingerprint density at radius 2 is 2.06 bits per heavy atom. The summed E-state index contributed by atoms with van der Waals surface area (Å²) in [6.07, 6.45) is -5.11. The second kappa shape index (κ2) is 5.64. The topological polar surface area (TPSA) is 37.3 Å². The van der Waals surface area contributed by atoms with Crippen molar-refractivity contribution >= 4 is 29.3 Å². The molecule has 0 radical (unpaired) electrons. The molecule has 0 fully saturated rings.